The monoisotopic (exact) mass is 366 g/mol. The van der Waals surface area contributed by atoms with E-state index < -0.39 is 16.1 Å². The Bertz CT molecular complexity index is 696. The second-order valence-corrected chi connectivity index (χ2v) is 8.68. The Labute approximate surface area is 149 Å². The van der Waals surface area contributed by atoms with Crippen molar-refractivity contribution in [3.63, 3.8) is 0 Å². The van der Waals surface area contributed by atoms with Crippen LogP contribution in [0, 0.1) is 0 Å². The SMILES string of the molecule is COc1ccc(S(=O)(=O)N2CCC[C@@H]2C(=O)NC2CCCCC2)cc1. The molecule has 1 aliphatic carbocycles. The molecule has 1 heterocycles. The summed E-state index contributed by atoms with van der Waals surface area (Å²) >= 11 is 0. The van der Waals surface area contributed by atoms with Crippen molar-refractivity contribution in [2.24, 2.45) is 0 Å². The first kappa shape index (κ1) is 18.2. The fourth-order valence-corrected chi connectivity index (χ4v) is 5.37. The molecule has 25 heavy (non-hydrogen) atoms. The zero-order chi connectivity index (χ0) is 17.9. The van der Waals surface area contributed by atoms with Gasteiger partial charge in [0.2, 0.25) is 15.9 Å². The Balaban J connectivity index is 1.73. The Hall–Kier alpha value is -1.60. The third-order valence-corrected chi connectivity index (χ3v) is 7.05. The number of carbonyl (C=O) groups excluding carboxylic acids is 1. The summed E-state index contributed by atoms with van der Waals surface area (Å²) in [5.41, 5.74) is 0. The van der Waals surface area contributed by atoms with E-state index in [4.69, 9.17) is 4.74 Å². The standard InChI is InChI=1S/C18H26N2O4S/c1-24-15-9-11-16(12-10-15)25(22,23)20-13-5-8-17(20)18(21)19-14-6-3-2-4-7-14/h9-12,14,17H,2-8,13H2,1H3,(H,19,21)/t17-/m1/s1. The molecule has 3 rings (SSSR count). The lowest BCUT2D eigenvalue weighted by molar-refractivity contribution is -0.125. The fraction of sp³-hybridized carbons (Fsp3) is 0.611. The molecule has 1 aliphatic heterocycles. The van der Waals surface area contributed by atoms with Crippen LogP contribution in [0.15, 0.2) is 29.2 Å². The third kappa shape index (κ3) is 3.98. The molecule has 6 nitrogen and oxygen atoms in total. The molecule has 0 radical (unpaired) electrons. The number of nitrogens with one attached hydrogen (secondary N) is 1. The van der Waals surface area contributed by atoms with Gasteiger partial charge in [-0.25, -0.2) is 8.42 Å². The minimum Gasteiger partial charge on any atom is -0.497 e. The van der Waals surface area contributed by atoms with E-state index in [0.29, 0.717) is 25.1 Å². The first-order valence-electron chi connectivity index (χ1n) is 8.98. The Morgan fingerprint density at radius 1 is 1.08 bits per heavy atom. The van der Waals surface area contributed by atoms with Crippen LogP contribution in [0.3, 0.4) is 0 Å². The van der Waals surface area contributed by atoms with Crippen molar-refractivity contribution in [2.75, 3.05) is 13.7 Å². The van der Waals surface area contributed by atoms with E-state index in [9.17, 15) is 13.2 Å². The minimum absolute atomic E-state index is 0.151. The summed E-state index contributed by atoms with van der Waals surface area (Å²) in [6, 6.07) is 5.90. The number of benzene rings is 1. The van der Waals surface area contributed by atoms with E-state index in [1.165, 1.54) is 30.0 Å². The van der Waals surface area contributed by atoms with E-state index in [2.05, 4.69) is 5.32 Å². The highest BCUT2D eigenvalue weighted by molar-refractivity contribution is 7.89. The normalized spacial score (nSPS) is 22.7. The maximum absolute atomic E-state index is 12.9. The van der Waals surface area contributed by atoms with Crippen LogP contribution in [0.2, 0.25) is 0 Å². The summed E-state index contributed by atoms with van der Waals surface area (Å²) in [6.45, 7) is 0.386. The van der Waals surface area contributed by atoms with E-state index in [-0.39, 0.29) is 16.8 Å². The average Bonchev–Trinajstić information content (AvgIpc) is 3.13. The predicted molar refractivity (Wildman–Crippen MR) is 94.9 cm³/mol. The number of ether oxygens (including phenoxy) is 1. The maximum Gasteiger partial charge on any atom is 0.243 e. The lowest BCUT2D eigenvalue weighted by Crippen LogP contribution is -2.49. The molecular formula is C18H26N2O4S. The number of amides is 1. The Morgan fingerprint density at radius 3 is 2.40 bits per heavy atom. The van der Waals surface area contributed by atoms with Gasteiger partial charge in [-0.2, -0.15) is 4.31 Å². The number of carbonyl (C=O) groups is 1. The summed E-state index contributed by atoms with van der Waals surface area (Å²) in [5, 5.41) is 3.07. The molecule has 138 valence electrons. The first-order chi connectivity index (χ1) is 12.0. The summed E-state index contributed by atoms with van der Waals surface area (Å²) in [7, 11) is -2.14. The number of rotatable bonds is 5. The number of nitrogens with zero attached hydrogens (tertiary/aromatic N) is 1. The molecule has 1 atom stereocenters. The third-order valence-electron chi connectivity index (χ3n) is 5.12. The highest BCUT2D eigenvalue weighted by atomic mass is 32.2. The maximum atomic E-state index is 12.9. The van der Waals surface area contributed by atoms with E-state index in [0.717, 1.165) is 25.7 Å². The van der Waals surface area contributed by atoms with Gasteiger partial charge in [-0.3, -0.25) is 4.79 Å². The highest BCUT2D eigenvalue weighted by Gasteiger charge is 2.39. The molecule has 0 spiro atoms. The molecule has 1 N–H and O–H groups in total. The fourth-order valence-electron chi connectivity index (χ4n) is 3.72. The van der Waals surface area contributed by atoms with Crippen molar-refractivity contribution in [3.05, 3.63) is 24.3 Å². The number of hydrogen-bond acceptors (Lipinski definition) is 4. The van der Waals surface area contributed by atoms with Gasteiger partial charge < -0.3 is 10.1 Å². The number of sulfonamides is 1. The zero-order valence-corrected chi connectivity index (χ0v) is 15.4. The molecule has 1 saturated heterocycles. The molecule has 0 unspecified atom stereocenters. The van der Waals surface area contributed by atoms with Crippen molar-refractivity contribution in [1.29, 1.82) is 0 Å². The van der Waals surface area contributed by atoms with Crippen LogP contribution in [0.1, 0.15) is 44.9 Å². The zero-order valence-electron chi connectivity index (χ0n) is 14.6. The second-order valence-electron chi connectivity index (χ2n) is 6.79. The molecule has 1 aromatic rings. The van der Waals surface area contributed by atoms with Gasteiger partial charge in [0.15, 0.2) is 0 Å². The molecule has 1 aromatic carbocycles. The minimum atomic E-state index is -3.68. The van der Waals surface area contributed by atoms with Crippen molar-refractivity contribution in [3.8, 4) is 5.75 Å². The quantitative estimate of drug-likeness (QED) is 0.868. The van der Waals surface area contributed by atoms with Crippen molar-refractivity contribution >= 4 is 15.9 Å². The summed E-state index contributed by atoms with van der Waals surface area (Å²) in [6.07, 6.45) is 6.74. The van der Waals surface area contributed by atoms with Gasteiger partial charge in [0.05, 0.1) is 12.0 Å². The van der Waals surface area contributed by atoms with E-state index in [1.54, 1.807) is 12.1 Å². The highest BCUT2D eigenvalue weighted by Crippen LogP contribution is 2.28. The van der Waals surface area contributed by atoms with Gasteiger partial charge in [-0.1, -0.05) is 19.3 Å². The van der Waals surface area contributed by atoms with Crippen LogP contribution in [-0.4, -0.2) is 44.4 Å². The molecule has 0 aromatic heterocycles. The van der Waals surface area contributed by atoms with Gasteiger partial charge in [-0.05, 0) is 49.9 Å². The van der Waals surface area contributed by atoms with Crippen LogP contribution in [0.5, 0.6) is 5.75 Å². The van der Waals surface area contributed by atoms with Gasteiger partial charge in [0, 0.05) is 12.6 Å². The first-order valence-corrected chi connectivity index (χ1v) is 10.4. The second kappa shape index (κ2) is 7.74. The molecule has 7 heteroatoms. The predicted octanol–water partition coefficient (Wildman–Crippen LogP) is 2.30. The van der Waals surface area contributed by atoms with Crippen LogP contribution in [-0.2, 0) is 14.8 Å². The number of methoxy groups -OCH3 is 1. The number of hydrogen-bond donors (Lipinski definition) is 1. The molecule has 2 aliphatic rings. The molecule has 1 saturated carbocycles. The summed E-state index contributed by atoms with van der Waals surface area (Å²) < 4.78 is 32.3. The largest absolute Gasteiger partial charge is 0.497 e. The molecule has 0 bridgehead atoms. The van der Waals surface area contributed by atoms with Crippen LogP contribution in [0.25, 0.3) is 0 Å². The van der Waals surface area contributed by atoms with Crippen molar-refractivity contribution < 1.29 is 17.9 Å². The van der Waals surface area contributed by atoms with E-state index in [1.807, 2.05) is 0 Å². The molecule has 1 amide bonds. The Kier molecular flexibility index (Phi) is 5.64. The smallest absolute Gasteiger partial charge is 0.243 e. The van der Waals surface area contributed by atoms with Gasteiger partial charge >= 0.3 is 0 Å². The average molecular weight is 366 g/mol. The lowest BCUT2D eigenvalue weighted by Gasteiger charge is -2.28. The molecular weight excluding hydrogens is 340 g/mol. The Morgan fingerprint density at radius 2 is 1.76 bits per heavy atom. The summed E-state index contributed by atoms with van der Waals surface area (Å²) in [4.78, 5) is 12.9. The van der Waals surface area contributed by atoms with Gasteiger partial charge in [-0.15, -0.1) is 0 Å². The van der Waals surface area contributed by atoms with Crippen molar-refractivity contribution in [2.45, 2.75) is 61.9 Å². The molecule has 2 fully saturated rings. The van der Waals surface area contributed by atoms with Gasteiger partial charge in [0.1, 0.15) is 11.8 Å². The van der Waals surface area contributed by atoms with E-state index >= 15 is 0 Å². The summed E-state index contributed by atoms with van der Waals surface area (Å²) in [5.74, 6) is 0.452. The lowest BCUT2D eigenvalue weighted by atomic mass is 9.95. The van der Waals surface area contributed by atoms with Crippen LogP contribution in [0.4, 0.5) is 0 Å². The topological polar surface area (TPSA) is 75.7 Å². The van der Waals surface area contributed by atoms with Crippen LogP contribution < -0.4 is 10.1 Å². The van der Waals surface area contributed by atoms with Crippen molar-refractivity contribution in [1.82, 2.24) is 9.62 Å². The van der Waals surface area contributed by atoms with Gasteiger partial charge in [0.25, 0.3) is 0 Å². The van der Waals surface area contributed by atoms with Crippen LogP contribution >= 0.6 is 0 Å².